The minimum Gasteiger partial charge on any atom is -0.326 e. The molecule has 1 N–H and O–H groups in total. The highest BCUT2D eigenvalue weighted by Crippen LogP contribution is 2.32. The number of benzene rings is 2. The van der Waals surface area contributed by atoms with Crippen LogP contribution in [0.15, 0.2) is 60.0 Å². The first-order valence-electron chi connectivity index (χ1n) is 10.1. The summed E-state index contributed by atoms with van der Waals surface area (Å²) in [5, 5.41) is 2.47. The Balaban J connectivity index is 1.35. The van der Waals surface area contributed by atoms with Crippen molar-refractivity contribution in [1.29, 1.82) is 0 Å². The molecule has 1 saturated carbocycles. The van der Waals surface area contributed by atoms with Crippen molar-refractivity contribution in [2.24, 2.45) is 0 Å². The summed E-state index contributed by atoms with van der Waals surface area (Å²) in [7, 11) is -3.31. The van der Waals surface area contributed by atoms with Crippen LogP contribution in [-0.2, 0) is 14.6 Å². The number of rotatable bonds is 6. The fraction of sp³-hybridized carbons (Fsp3) is 0.304. The fourth-order valence-electron chi connectivity index (χ4n) is 4.13. The first-order valence-corrected chi connectivity index (χ1v) is 11.7. The van der Waals surface area contributed by atoms with E-state index in [0.717, 1.165) is 18.4 Å². The van der Waals surface area contributed by atoms with Crippen LogP contribution in [0.2, 0.25) is 0 Å². The van der Waals surface area contributed by atoms with Crippen LogP contribution < -0.4 is 5.32 Å². The molecule has 1 heterocycles. The Bertz CT molecular complexity index is 1070. The number of carbonyl (C=O) groups excluding carboxylic acids is 2. The molecule has 2 amide bonds. The first-order chi connectivity index (χ1) is 14.4. The van der Waals surface area contributed by atoms with E-state index >= 15 is 0 Å². The second-order valence-electron chi connectivity index (χ2n) is 7.72. The summed E-state index contributed by atoms with van der Waals surface area (Å²) in [6.07, 6.45) is 3.45. The van der Waals surface area contributed by atoms with E-state index in [4.69, 9.17) is 0 Å². The van der Waals surface area contributed by atoms with Gasteiger partial charge in [-0.3, -0.25) is 9.59 Å². The van der Waals surface area contributed by atoms with E-state index in [0.29, 0.717) is 34.7 Å². The molecule has 7 heteroatoms. The molecule has 0 atom stereocenters. The van der Waals surface area contributed by atoms with Crippen LogP contribution in [0.1, 0.15) is 48.0 Å². The summed E-state index contributed by atoms with van der Waals surface area (Å²) in [6.45, 7) is 4.20. The van der Waals surface area contributed by atoms with Gasteiger partial charge in [0.25, 0.3) is 5.91 Å². The Morgan fingerprint density at radius 2 is 1.67 bits per heavy atom. The van der Waals surface area contributed by atoms with Gasteiger partial charge in [-0.1, -0.05) is 37.6 Å². The fourth-order valence-corrected chi connectivity index (χ4v) is 5.98. The van der Waals surface area contributed by atoms with Gasteiger partial charge in [0, 0.05) is 35.5 Å². The van der Waals surface area contributed by atoms with E-state index < -0.39 is 9.84 Å². The molecule has 6 nitrogen and oxygen atoms in total. The van der Waals surface area contributed by atoms with Crippen molar-refractivity contribution in [3.8, 4) is 0 Å². The maximum Gasteiger partial charge on any atom is 0.258 e. The largest absolute Gasteiger partial charge is 0.326 e. The third-order valence-electron chi connectivity index (χ3n) is 5.81. The monoisotopic (exact) mass is 424 g/mol. The molecule has 156 valence electrons. The van der Waals surface area contributed by atoms with E-state index in [1.807, 2.05) is 12.1 Å². The number of nitrogens with zero attached hydrogens (tertiary/aromatic N) is 1. The van der Waals surface area contributed by atoms with Crippen molar-refractivity contribution in [3.63, 3.8) is 0 Å². The smallest absolute Gasteiger partial charge is 0.258 e. The van der Waals surface area contributed by atoms with Gasteiger partial charge >= 0.3 is 0 Å². The molecule has 4 rings (SSSR count). The zero-order valence-corrected chi connectivity index (χ0v) is 17.5. The zero-order chi connectivity index (χ0) is 21.3. The van der Waals surface area contributed by atoms with E-state index in [-0.39, 0.29) is 30.0 Å². The summed E-state index contributed by atoms with van der Waals surface area (Å²) in [4.78, 5) is 26.7. The van der Waals surface area contributed by atoms with Gasteiger partial charge in [-0.15, -0.1) is 0 Å². The molecule has 2 aromatic rings. The summed E-state index contributed by atoms with van der Waals surface area (Å²) >= 11 is 0. The molecule has 0 aromatic heterocycles. The molecular weight excluding hydrogens is 400 g/mol. The van der Waals surface area contributed by atoms with E-state index in [1.165, 1.54) is 4.90 Å². The first kappa shape index (κ1) is 20.3. The minimum absolute atomic E-state index is 0.112. The van der Waals surface area contributed by atoms with Crippen molar-refractivity contribution >= 4 is 33.0 Å². The summed E-state index contributed by atoms with van der Waals surface area (Å²) < 4.78 is 25.3. The van der Waals surface area contributed by atoms with Crippen molar-refractivity contribution in [2.45, 2.75) is 42.2 Å². The topological polar surface area (TPSA) is 83.6 Å². The van der Waals surface area contributed by atoms with Gasteiger partial charge in [-0.25, -0.2) is 8.42 Å². The van der Waals surface area contributed by atoms with E-state index in [9.17, 15) is 18.0 Å². The lowest BCUT2D eigenvalue weighted by molar-refractivity contribution is -0.116. The number of sulfone groups is 1. The molecule has 1 aliphatic heterocycles. The predicted molar refractivity (Wildman–Crippen MR) is 116 cm³/mol. The van der Waals surface area contributed by atoms with Gasteiger partial charge in [0.1, 0.15) is 0 Å². The molecule has 0 saturated heterocycles. The van der Waals surface area contributed by atoms with Gasteiger partial charge in [-0.05, 0) is 43.2 Å². The Morgan fingerprint density at radius 3 is 2.30 bits per heavy atom. The lowest BCUT2D eigenvalue weighted by Gasteiger charge is -2.17. The number of nitrogens with one attached hydrogen (secondary N) is 1. The van der Waals surface area contributed by atoms with Crippen LogP contribution in [0.4, 0.5) is 5.69 Å². The van der Waals surface area contributed by atoms with Gasteiger partial charge in [0.05, 0.1) is 10.1 Å². The highest BCUT2D eigenvalue weighted by atomic mass is 32.2. The third-order valence-corrected chi connectivity index (χ3v) is 8.09. The molecule has 0 radical (unpaired) electrons. The van der Waals surface area contributed by atoms with Gasteiger partial charge in [-0.2, -0.15) is 0 Å². The third kappa shape index (κ3) is 3.77. The number of carbonyl (C=O) groups is 2. The average molecular weight is 425 g/mol. The Morgan fingerprint density at radius 1 is 1.03 bits per heavy atom. The molecule has 0 spiro atoms. The summed E-state index contributed by atoms with van der Waals surface area (Å²) in [5.41, 5.74) is 2.52. The van der Waals surface area contributed by atoms with Crippen molar-refractivity contribution in [3.05, 3.63) is 66.2 Å². The lowest BCUT2D eigenvalue weighted by atomic mass is 10.1. The Kier molecular flexibility index (Phi) is 5.47. The zero-order valence-electron chi connectivity index (χ0n) is 16.6. The number of anilines is 1. The SMILES string of the molecule is C=C1c2ccccc2C(=O)N1CCC(=O)Nc1ccc(S(=O)(=O)C2CCCC2)cc1. The van der Waals surface area contributed by atoms with Gasteiger partial charge < -0.3 is 10.2 Å². The Hall–Kier alpha value is -2.93. The number of fused-ring (bicyclic) bond motifs is 1. The van der Waals surface area contributed by atoms with Crippen molar-refractivity contribution in [1.82, 2.24) is 4.90 Å². The van der Waals surface area contributed by atoms with Crippen LogP contribution in [0, 0.1) is 0 Å². The molecule has 0 bridgehead atoms. The van der Waals surface area contributed by atoms with Gasteiger partial charge in [0.15, 0.2) is 9.84 Å². The highest BCUT2D eigenvalue weighted by molar-refractivity contribution is 7.92. The number of hydrogen-bond donors (Lipinski definition) is 1. The summed E-state index contributed by atoms with van der Waals surface area (Å²) in [5.74, 6) is -0.400. The van der Waals surface area contributed by atoms with E-state index in [1.54, 1.807) is 36.4 Å². The van der Waals surface area contributed by atoms with E-state index in [2.05, 4.69) is 11.9 Å². The maximum absolute atomic E-state index is 12.6. The molecular formula is C23H24N2O4S. The average Bonchev–Trinajstić information content (AvgIpc) is 3.36. The lowest BCUT2D eigenvalue weighted by Crippen LogP contribution is -2.27. The second-order valence-corrected chi connectivity index (χ2v) is 9.95. The molecule has 2 aromatic carbocycles. The predicted octanol–water partition coefficient (Wildman–Crippen LogP) is 3.86. The second kappa shape index (κ2) is 8.07. The molecule has 0 unspecified atom stereocenters. The number of hydrogen-bond acceptors (Lipinski definition) is 4. The standard InChI is InChI=1S/C23H24N2O4S/c1-16-20-8-4-5-9-21(20)23(27)25(16)15-14-22(26)24-17-10-12-19(13-11-17)30(28,29)18-6-2-3-7-18/h4-5,8-13,18H,1-3,6-7,14-15H2,(H,24,26). The van der Waals surface area contributed by atoms with Gasteiger partial charge in [0.2, 0.25) is 5.91 Å². The molecule has 1 fully saturated rings. The maximum atomic E-state index is 12.6. The molecule has 30 heavy (non-hydrogen) atoms. The highest BCUT2D eigenvalue weighted by Gasteiger charge is 2.31. The molecule has 1 aliphatic carbocycles. The number of amides is 2. The van der Waals surface area contributed by atoms with Crippen LogP contribution in [0.25, 0.3) is 5.70 Å². The van der Waals surface area contributed by atoms with Crippen LogP contribution in [0.5, 0.6) is 0 Å². The quantitative estimate of drug-likeness (QED) is 0.763. The molecule has 2 aliphatic rings. The van der Waals surface area contributed by atoms with Crippen molar-refractivity contribution in [2.75, 3.05) is 11.9 Å². The Labute approximate surface area is 176 Å². The van der Waals surface area contributed by atoms with Crippen LogP contribution in [-0.4, -0.2) is 36.9 Å². The van der Waals surface area contributed by atoms with Crippen LogP contribution in [0.3, 0.4) is 0 Å². The van der Waals surface area contributed by atoms with Crippen LogP contribution >= 0.6 is 0 Å². The summed E-state index contributed by atoms with van der Waals surface area (Å²) in [6, 6.07) is 13.6. The normalized spacial score (nSPS) is 16.7. The van der Waals surface area contributed by atoms with Crippen molar-refractivity contribution < 1.29 is 18.0 Å². The minimum atomic E-state index is -3.31.